The molecule has 0 aromatic carbocycles. The van der Waals surface area contributed by atoms with E-state index in [2.05, 4.69) is 5.73 Å². The Bertz CT molecular complexity index is 136. The molecule has 0 aliphatic carbocycles. The van der Waals surface area contributed by atoms with Gasteiger partial charge in [0, 0.05) is 0 Å². The molecule has 2 atom stereocenters. The first-order valence-electron chi connectivity index (χ1n) is 2.25. The van der Waals surface area contributed by atoms with Crippen molar-refractivity contribution in [3.05, 3.63) is 0 Å². The predicted molar refractivity (Wildman–Crippen MR) is 29.4 cm³/mol. The SMILES string of the molecule is NC(CC(F)(F)F)S(=O)O. The van der Waals surface area contributed by atoms with Crippen molar-refractivity contribution in [1.29, 1.82) is 0 Å². The average molecular weight is 177 g/mol. The Balaban J connectivity index is 3.80. The largest absolute Gasteiger partial charge is 0.391 e. The van der Waals surface area contributed by atoms with Crippen LogP contribution in [0.2, 0.25) is 0 Å². The lowest BCUT2D eigenvalue weighted by Crippen LogP contribution is -2.31. The van der Waals surface area contributed by atoms with Crippen LogP contribution in [-0.2, 0) is 11.1 Å². The van der Waals surface area contributed by atoms with E-state index >= 15 is 0 Å². The van der Waals surface area contributed by atoms with Crippen molar-refractivity contribution >= 4 is 11.1 Å². The van der Waals surface area contributed by atoms with Crippen molar-refractivity contribution in [3.63, 3.8) is 0 Å². The molecule has 0 saturated heterocycles. The van der Waals surface area contributed by atoms with Gasteiger partial charge in [0.2, 0.25) is 0 Å². The molecule has 0 radical (unpaired) electrons. The van der Waals surface area contributed by atoms with Gasteiger partial charge >= 0.3 is 6.18 Å². The highest BCUT2D eigenvalue weighted by Crippen LogP contribution is 2.21. The lowest BCUT2D eigenvalue weighted by atomic mass is 10.4. The molecule has 0 aromatic rings. The monoisotopic (exact) mass is 177 g/mol. The number of hydrogen-bond donors (Lipinski definition) is 2. The van der Waals surface area contributed by atoms with Crippen LogP contribution in [0.4, 0.5) is 13.2 Å². The fourth-order valence-corrected chi connectivity index (χ4v) is 0.631. The van der Waals surface area contributed by atoms with Gasteiger partial charge < -0.3 is 10.3 Å². The summed E-state index contributed by atoms with van der Waals surface area (Å²) < 4.78 is 51.9. The van der Waals surface area contributed by atoms with E-state index in [0.29, 0.717) is 0 Å². The number of halogens is 3. The first-order chi connectivity index (χ1) is 4.33. The number of alkyl halides is 3. The number of rotatable bonds is 2. The smallest absolute Gasteiger partial charge is 0.315 e. The van der Waals surface area contributed by atoms with E-state index < -0.39 is 29.1 Å². The summed E-state index contributed by atoms with van der Waals surface area (Å²) in [5.41, 5.74) is 4.63. The second-order valence-electron chi connectivity index (χ2n) is 1.63. The molecular weight excluding hydrogens is 171 g/mol. The van der Waals surface area contributed by atoms with Crippen LogP contribution in [0.15, 0.2) is 0 Å². The summed E-state index contributed by atoms with van der Waals surface area (Å²) in [6, 6.07) is 0. The third-order valence-corrected chi connectivity index (χ3v) is 1.38. The normalized spacial score (nSPS) is 18.5. The lowest BCUT2D eigenvalue weighted by molar-refractivity contribution is -0.134. The van der Waals surface area contributed by atoms with Gasteiger partial charge in [-0.1, -0.05) is 0 Å². The van der Waals surface area contributed by atoms with E-state index in [1.165, 1.54) is 0 Å². The van der Waals surface area contributed by atoms with Gasteiger partial charge in [-0.05, 0) is 0 Å². The summed E-state index contributed by atoms with van der Waals surface area (Å²) in [7, 11) is 0. The van der Waals surface area contributed by atoms with Crippen LogP contribution in [0.3, 0.4) is 0 Å². The van der Waals surface area contributed by atoms with Crippen molar-refractivity contribution in [2.75, 3.05) is 0 Å². The van der Waals surface area contributed by atoms with E-state index in [4.69, 9.17) is 4.55 Å². The molecule has 0 fully saturated rings. The van der Waals surface area contributed by atoms with Gasteiger partial charge in [-0.15, -0.1) is 0 Å². The van der Waals surface area contributed by atoms with E-state index in [-0.39, 0.29) is 0 Å². The Kier molecular flexibility index (Phi) is 3.26. The molecule has 2 unspecified atom stereocenters. The second-order valence-corrected chi connectivity index (χ2v) is 2.79. The highest BCUT2D eigenvalue weighted by Gasteiger charge is 2.32. The Morgan fingerprint density at radius 3 is 2.10 bits per heavy atom. The van der Waals surface area contributed by atoms with Gasteiger partial charge in [-0.2, -0.15) is 13.2 Å². The molecule has 3 nitrogen and oxygen atoms in total. The van der Waals surface area contributed by atoms with Crippen LogP contribution in [-0.4, -0.2) is 20.3 Å². The molecule has 7 heteroatoms. The third kappa shape index (κ3) is 4.71. The first kappa shape index (κ1) is 9.86. The predicted octanol–water partition coefficient (Wildman–Crippen LogP) is 0.445. The summed E-state index contributed by atoms with van der Waals surface area (Å²) in [5.74, 6) is 0. The number of nitrogens with two attached hydrogens (primary N) is 1. The molecule has 62 valence electrons. The second kappa shape index (κ2) is 3.31. The summed E-state index contributed by atoms with van der Waals surface area (Å²) in [6.07, 6.45) is -5.91. The highest BCUT2D eigenvalue weighted by atomic mass is 32.2. The molecule has 0 aliphatic heterocycles. The van der Waals surface area contributed by atoms with Crippen LogP contribution < -0.4 is 5.73 Å². The maximum Gasteiger partial charge on any atom is 0.391 e. The highest BCUT2D eigenvalue weighted by molar-refractivity contribution is 7.79. The van der Waals surface area contributed by atoms with Crippen LogP contribution in [0.5, 0.6) is 0 Å². The maximum atomic E-state index is 11.3. The van der Waals surface area contributed by atoms with E-state index in [0.717, 1.165) is 0 Å². The zero-order valence-electron chi connectivity index (χ0n) is 4.76. The maximum absolute atomic E-state index is 11.3. The fourth-order valence-electron chi connectivity index (χ4n) is 0.299. The van der Waals surface area contributed by atoms with Crippen molar-refractivity contribution in [2.45, 2.75) is 18.0 Å². The Morgan fingerprint density at radius 2 is 2.00 bits per heavy atom. The standard InChI is InChI=1S/C3H6F3NO2S/c4-3(5,6)1-2(7)10(8)9/h2H,1,7H2,(H,8,9). The van der Waals surface area contributed by atoms with Crippen molar-refractivity contribution in [3.8, 4) is 0 Å². The molecule has 0 spiro atoms. The molecule has 0 aliphatic rings. The zero-order chi connectivity index (χ0) is 8.36. The zero-order valence-corrected chi connectivity index (χ0v) is 5.58. The van der Waals surface area contributed by atoms with Gasteiger partial charge in [0.15, 0.2) is 11.1 Å². The minimum Gasteiger partial charge on any atom is -0.315 e. The molecule has 0 bridgehead atoms. The average Bonchev–Trinajstić information content (AvgIpc) is 1.60. The topological polar surface area (TPSA) is 63.3 Å². The molecule has 10 heavy (non-hydrogen) atoms. The molecule has 0 amide bonds. The van der Waals surface area contributed by atoms with Crippen molar-refractivity contribution < 1.29 is 21.9 Å². The fraction of sp³-hybridized carbons (Fsp3) is 1.00. The summed E-state index contributed by atoms with van der Waals surface area (Å²) in [4.78, 5) is 0. The van der Waals surface area contributed by atoms with Crippen LogP contribution in [0, 0.1) is 0 Å². The molecular formula is C3H6F3NO2S. The van der Waals surface area contributed by atoms with Gasteiger partial charge in [-0.3, -0.25) is 0 Å². The van der Waals surface area contributed by atoms with Gasteiger partial charge in [0.25, 0.3) is 0 Å². The molecule has 0 saturated carbocycles. The summed E-state index contributed by atoms with van der Waals surface area (Å²) >= 11 is -2.60. The Labute approximate surface area is 57.7 Å². The minimum absolute atomic E-state index is 1.43. The van der Waals surface area contributed by atoms with Gasteiger partial charge in [0.05, 0.1) is 6.42 Å². The van der Waals surface area contributed by atoms with E-state index in [9.17, 15) is 17.4 Å². The summed E-state index contributed by atoms with van der Waals surface area (Å²) in [6.45, 7) is 0. The van der Waals surface area contributed by atoms with Crippen LogP contribution in [0.25, 0.3) is 0 Å². The van der Waals surface area contributed by atoms with Crippen LogP contribution >= 0.6 is 0 Å². The molecule has 0 aromatic heterocycles. The Hall–Kier alpha value is -0.140. The third-order valence-electron chi connectivity index (χ3n) is 0.692. The van der Waals surface area contributed by atoms with Gasteiger partial charge in [0.1, 0.15) is 5.37 Å². The molecule has 0 rings (SSSR count). The number of hydrogen-bond acceptors (Lipinski definition) is 2. The lowest BCUT2D eigenvalue weighted by Gasteiger charge is -2.09. The van der Waals surface area contributed by atoms with E-state index in [1.807, 2.05) is 0 Å². The van der Waals surface area contributed by atoms with E-state index in [1.54, 1.807) is 0 Å². The molecule has 3 N–H and O–H groups in total. The van der Waals surface area contributed by atoms with Crippen molar-refractivity contribution in [1.82, 2.24) is 0 Å². The minimum atomic E-state index is -4.47. The first-order valence-corrected chi connectivity index (χ1v) is 3.42. The quantitative estimate of drug-likeness (QED) is 0.602. The van der Waals surface area contributed by atoms with Gasteiger partial charge in [-0.25, -0.2) is 4.21 Å². The van der Waals surface area contributed by atoms with Crippen LogP contribution in [0.1, 0.15) is 6.42 Å². The van der Waals surface area contributed by atoms with Crippen molar-refractivity contribution in [2.24, 2.45) is 5.73 Å². The Morgan fingerprint density at radius 1 is 1.60 bits per heavy atom. The molecule has 0 heterocycles. The summed E-state index contributed by atoms with van der Waals surface area (Å²) in [5, 5.41) is -1.74.